The molecule has 0 fully saturated rings. The molecule has 0 aromatic heterocycles. The zero-order valence-electron chi connectivity index (χ0n) is 5.86. The van der Waals surface area contributed by atoms with Gasteiger partial charge in [0.05, 0.1) is 12.1 Å². The van der Waals surface area contributed by atoms with Crippen LogP contribution in [0.2, 0.25) is 0 Å². The van der Waals surface area contributed by atoms with Crippen molar-refractivity contribution in [1.82, 2.24) is 0 Å². The van der Waals surface area contributed by atoms with Crippen molar-refractivity contribution in [2.24, 2.45) is 0 Å². The number of hydrogen-bond acceptors (Lipinski definition) is 5. The maximum Gasteiger partial charge on any atom is 1.00 e. The smallest absolute Gasteiger partial charge is 0.550 e. The number of aliphatic hydroxyl groups excluding tert-OH is 1. The number of carbonyl (C=O) groups excluding carboxylic acids is 2. The van der Waals surface area contributed by atoms with Gasteiger partial charge in [0.15, 0.2) is 0 Å². The molecule has 0 heterocycles. The largest absolute Gasteiger partial charge is 1.00 e. The van der Waals surface area contributed by atoms with Gasteiger partial charge in [0.1, 0.15) is 0 Å². The van der Waals surface area contributed by atoms with Crippen LogP contribution in [0.15, 0.2) is 0 Å². The van der Waals surface area contributed by atoms with E-state index in [-0.39, 0.29) is 35.0 Å². The maximum absolute atomic E-state index is 9.58. The van der Waals surface area contributed by atoms with E-state index in [4.69, 9.17) is 5.11 Å². The quantitative estimate of drug-likeness (QED) is 0.423. The molecule has 1 unspecified atom stereocenters. The van der Waals surface area contributed by atoms with Crippen LogP contribution in [-0.2, 0) is 9.59 Å². The Morgan fingerprint density at radius 2 is 1.73 bits per heavy atom. The van der Waals surface area contributed by atoms with E-state index in [2.05, 4.69) is 0 Å². The van der Waals surface area contributed by atoms with E-state index < -0.39 is 24.5 Å². The number of carbonyl (C=O) groups is 2. The second-order valence-electron chi connectivity index (χ2n) is 1.41. The third kappa shape index (κ3) is 9.86. The predicted octanol–water partition coefficient (Wildman–Crippen LogP) is -7.58. The molecule has 6 nitrogen and oxygen atoms in total. The molecule has 7 heteroatoms. The zero-order chi connectivity index (χ0) is 7.44. The van der Waals surface area contributed by atoms with Crippen LogP contribution in [0.4, 0.5) is 0 Å². The zero-order valence-corrected chi connectivity index (χ0v) is 7.86. The Balaban J connectivity index is -0.000000320. The Hall–Kier alpha value is -0.140. The molecule has 1 atom stereocenters. The molecule has 0 aliphatic heterocycles. The van der Waals surface area contributed by atoms with Crippen LogP contribution < -0.4 is 39.8 Å². The summed E-state index contributed by atoms with van der Waals surface area (Å²) in [6, 6.07) is 0. The Labute approximate surface area is 84.4 Å². The van der Waals surface area contributed by atoms with E-state index in [0.717, 1.165) is 0 Å². The molecule has 0 aromatic rings. The first kappa shape index (κ1) is 17.1. The monoisotopic (exact) mass is 173 g/mol. The number of aliphatic carboxylic acids is 2. The first-order valence-electron chi connectivity index (χ1n) is 2.13. The maximum atomic E-state index is 9.58. The molecule has 0 aromatic carbocycles. The fourth-order valence-corrected chi connectivity index (χ4v) is 0.241. The van der Waals surface area contributed by atoms with Crippen molar-refractivity contribution in [1.29, 1.82) is 0 Å². The molecular weight excluding hydrogens is 167 g/mol. The van der Waals surface area contributed by atoms with E-state index in [0.29, 0.717) is 0 Å². The Bertz CT molecular complexity index is 135. The summed E-state index contributed by atoms with van der Waals surface area (Å²) >= 11 is 0. The summed E-state index contributed by atoms with van der Waals surface area (Å²) in [5.41, 5.74) is 0. The van der Waals surface area contributed by atoms with Gasteiger partial charge in [-0.3, -0.25) is 0 Å². The minimum Gasteiger partial charge on any atom is -0.550 e. The minimum atomic E-state index is -1.96. The molecule has 0 saturated heterocycles. The molecule has 11 heavy (non-hydrogen) atoms. The molecule has 0 rings (SSSR count). The predicted molar refractivity (Wildman–Crippen MR) is 24.3 cm³/mol. The molecule has 0 aliphatic rings. The third-order valence-corrected chi connectivity index (χ3v) is 0.632. The van der Waals surface area contributed by atoms with Gasteiger partial charge in [-0.1, -0.05) is 0 Å². The van der Waals surface area contributed by atoms with Gasteiger partial charge >= 0.3 is 29.6 Å². The van der Waals surface area contributed by atoms with E-state index in [9.17, 15) is 19.8 Å². The average molecular weight is 173 g/mol. The minimum absolute atomic E-state index is 0. The van der Waals surface area contributed by atoms with Gasteiger partial charge in [-0.25, -0.2) is 0 Å². The summed E-state index contributed by atoms with van der Waals surface area (Å²) in [5.74, 6) is -3.43. The fourth-order valence-electron chi connectivity index (χ4n) is 0.241. The van der Waals surface area contributed by atoms with Crippen molar-refractivity contribution in [3.05, 3.63) is 0 Å². The standard InChI is InChI=1S/C4H6O5.Na.H2O/c5-2(4(8)9)1-3(6)7;;/h2,5H,1H2,(H,6,7)(H,8,9);;1H2/q;+1;/p-2. The number of carboxylic acids is 2. The van der Waals surface area contributed by atoms with E-state index in [1.54, 1.807) is 0 Å². The second-order valence-corrected chi connectivity index (χ2v) is 1.41. The fraction of sp³-hybridized carbons (Fsp3) is 0.500. The van der Waals surface area contributed by atoms with Gasteiger partial charge in [0.2, 0.25) is 0 Å². The van der Waals surface area contributed by atoms with E-state index in [1.807, 2.05) is 0 Å². The average Bonchev–Trinajstić information content (AvgIpc) is 1.63. The summed E-state index contributed by atoms with van der Waals surface area (Å²) in [5, 5.41) is 27.3. The molecule has 0 spiro atoms. The number of aliphatic hydroxyl groups is 1. The Morgan fingerprint density at radius 3 is 1.82 bits per heavy atom. The summed E-state index contributed by atoms with van der Waals surface area (Å²) in [6.45, 7) is 0. The van der Waals surface area contributed by atoms with Crippen LogP contribution in [0.5, 0.6) is 0 Å². The van der Waals surface area contributed by atoms with Gasteiger partial charge in [0.25, 0.3) is 0 Å². The van der Waals surface area contributed by atoms with Crippen LogP contribution in [0.3, 0.4) is 0 Å². The van der Waals surface area contributed by atoms with Gasteiger partial charge in [-0.05, 0) is 0 Å². The molecule has 0 amide bonds. The third-order valence-electron chi connectivity index (χ3n) is 0.632. The second kappa shape index (κ2) is 7.96. The van der Waals surface area contributed by atoms with Gasteiger partial charge in [-0.2, -0.15) is 0 Å². The normalized spacial score (nSPS) is 10.3. The van der Waals surface area contributed by atoms with E-state index in [1.165, 1.54) is 0 Å². The van der Waals surface area contributed by atoms with Gasteiger partial charge < -0.3 is 30.4 Å². The Kier molecular flexibility index (Phi) is 12.4. The van der Waals surface area contributed by atoms with Crippen molar-refractivity contribution in [3.8, 4) is 0 Å². The van der Waals surface area contributed by atoms with Crippen molar-refractivity contribution < 1.29 is 59.9 Å². The van der Waals surface area contributed by atoms with Crippen molar-refractivity contribution in [2.75, 3.05) is 0 Å². The first-order chi connectivity index (χ1) is 4.04. The molecule has 3 N–H and O–H groups in total. The molecule has 60 valence electrons. The molecule has 0 saturated carbocycles. The number of hydrogen-bond donors (Lipinski definition) is 1. The van der Waals surface area contributed by atoms with Crippen LogP contribution in [0, 0.1) is 0 Å². The molecular formula is C4H6NaO6-. The summed E-state index contributed by atoms with van der Waals surface area (Å²) in [6.07, 6.45) is -2.89. The Morgan fingerprint density at radius 1 is 1.36 bits per heavy atom. The van der Waals surface area contributed by atoms with Crippen molar-refractivity contribution in [2.45, 2.75) is 12.5 Å². The number of carboxylic acid groups (broad SMARTS) is 2. The van der Waals surface area contributed by atoms with Crippen LogP contribution in [0.1, 0.15) is 6.42 Å². The molecule has 0 aliphatic carbocycles. The van der Waals surface area contributed by atoms with Gasteiger partial charge in [0, 0.05) is 12.4 Å². The topological polar surface area (TPSA) is 132 Å². The van der Waals surface area contributed by atoms with Crippen molar-refractivity contribution in [3.63, 3.8) is 0 Å². The van der Waals surface area contributed by atoms with Crippen LogP contribution in [0.25, 0.3) is 0 Å². The van der Waals surface area contributed by atoms with Crippen LogP contribution >= 0.6 is 0 Å². The summed E-state index contributed by atoms with van der Waals surface area (Å²) in [4.78, 5) is 19.1. The molecule has 0 radical (unpaired) electrons. The van der Waals surface area contributed by atoms with Crippen LogP contribution in [-0.4, -0.2) is 28.6 Å². The summed E-state index contributed by atoms with van der Waals surface area (Å²) in [7, 11) is 0. The SMILES string of the molecule is O.O=C([O-])CC(O)C(=O)[O-].[Na+]. The first-order valence-corrected chi connectivity index (χ1v) is 2.13. The van der Waals surface area contributed by atoms with E-state index >= 15 is 0 Å². The number of rotatable bonds is 3. The molecule has 0 bridgehead atoms. The van der Waals surface area contributed by atoms with Gasteiger partial charge in [-0.15, -0.1) is 0 Å². The summed E-state index contributed by atoms with van der Waals surface area (Å²) < 4.78 is 0. The van der Waals surface area contributed by atoms with Crippen molar-refractivity contribution >= 4 is 11.9 Å².